The van der Waals surface area contributed by atoms with Gasteiger partial charge in [-0.05, 0) is 36.4 Å². The molecule has 0 fully saturated rings. The maximum atomic E-state index is 13.0. The van der Waals surface area contributed by atoms with Crippen molar-refractivity contribution in [3.8, 4) is 11.3 Å². The van der Waals surface area contributed by atoms with Crippen molar-refractivity contribution in [3.05, 3.63) is 77.3 Å². The summed E-state index contributed by atoms with van der Waals surface area (Å²) in [6, 6.07) is 18.7. The Kier molecular flexibility index (Phi) is 3.86. The van der Waals surface area contributed by atoms with Crippen LogP contribution in [-0.4, -0.2) is 4.98 Å². The molecule has 0 bridgehead atoms. The van der Waals surface area contributed by atoms with E-state index in [1.54, 1.807) is 17.4 Å². The number of pyridine rings is 1. The van der Waals surface area contributed by atoms with Crippen molar-refractivity contribution in [2.45, 2.75) is 6.18 Å². The molecule has 0 radical (unpaired) electrons. The number of alkyl halides is 3. The fourth-order valence-electron chi connectivity index (χ4n) is 3.46. The van der Waals surface area contributed by atoms with Gasteiger partial charge in [0.25, 0.3) is 0 Å². The Balaban J connectivity index is 1.88. The number of aromatic nitrogens is 1. The van der Waals surface area contributed by atoms with Crippen LogP contribution in [0.3, 0.4) is 0 Å². The molecule has 0 saturated heterocycles. The summed E-state index contributed by atoms with van der Waals surface area (Å²) in [5.41, 5.74) is 1.35. The molecule has 6 heteroatoms. The third kappa shape index (κ3) is 2.74. The van der Waals surface area contributed by atoms with Gasteiger partial charge in [0, 0.05) is 36.1 Å². The van der Waals surface area contributed by atoms with E-state index >= 15 is 0 Å². The first kappa shape index (κ1) is 17.5. The fraction of sp³-hybridized carbons (Fsp3) is 0.0455. The molecule has 2 heterocycles. The van der Waals surface area contributed by atoms with E-state index in [9.17, 15) is 13.2 Å². The van der Waals surface area contributed by atoms with Crippen LogP contribution in [0, 0.1) is 0 Å². The van der Waals surface area contributed by atoms with Crippen molar-refractivity contribution in [2.24, 2.45) is 0 Å². The highest BCUT2D eigenvalue weighted by Gasteiger charge is 2.30. The highest BCUT2D eigenvalue weighted by molar-refractivity contribution is 7.26. The average Bonchev–Trinajstić information content (AvgIpc) is 3.06. The molecule has 0 spiro atoms. The number of benzene rings is 3. The van der Waals surface area contributed by atoms with Crippen molar-refractivity contribution in [1.29, 1.82) is 0 Å². The van der Waals surface area contributed by atoms with Crippen LogP contribution in [0.1, 0.15) is 5.56 Å². The quantitative estimate of drug-likeness (QED) is 0.272. The van der Waals surface area contributed by atoms with Gasteiger partial charge in [0.1, 0.15) is 0 Å². The Morgan fingerprint density at radius 2 is 1.61 bits per heavy atom. The van der Waals surface area contributed by atoms with Crippen LogP contribution in [0.2, 0.25) is 5.02 Å². The minimum absolute atomic E-state index is 0.568. The number of thiophene rings is 1. The van der Waals surface area contributed by atoms with E-state index in [0.29, 0.717) is 16.3 Å². The van der Waals surface area contributed by atoms with Gasteiger partial charge in [-0.15, -0.1) is 11.3 Å². The van der Waals surface area contributed by atoms with Crippen molar-refractivity contribution >= 4 is 54.0 Å². The van der Waals surface area contributed by atoms with Crippen LogP contribution in [-0.2, 0) is 6.18 Å². The number of hydrogen-bond acceptors (Lipinski definition) is 2. The highest BCUT2D eigenvalue weighted by atomic mass is 35.5. The van der Waals surface area contributed by atoms with E-state index in [0.717, 1.165) is 43.2 Å². The SMILES string of the molecule is FC(F)(F)c1ccc(-c2nc3cc(Cl)ccc3c3sc4ccccc4c23)cc1. The first-order valence-corrected chi connectivity index (χ1v) is 9.69. The summed E-state index contributed by atoms with van der Waals surface area (Å²) in [6.07, 6.45) is -4.37. The zero-order valence-electron chi connectivity index (χ0n) is 14.2. The Morgan fingerprint density at radius 3 is 2.36 bits per heavy atom. The molecule has 0 N–H and O–H groups in total. The predicted molar refractivity (Wildman–Crippen MR) is 110 cm³/mol. The number of fused-ring (bicyclic) bond motifs is 5. The fourth-order valence-corrected chi connectivity index (χ4v) is 4.87. The van der Waals surface area contributed by atoms with Gasteiger partial charge in [-0.25, -0.2) is 4.98 Å². The lowest BCUT2D eigenvalue weighted by Crippen LogP contribution is -2.04. The first-order chi connectivity index (χ1) is 13.4. The molecule has 5 rings (SSSR count). The van der Waals surface area contributed by atoms with Crippen LogP contribution in [0.4, 0.5) is 13.2 Å². The van der Waals surface area contributed by atoms with E-state index in [1.807, 2.05) is 36.4 Å². The Hall–Kier alpha value is -2.63. The maximum absolute atomic E-state index is 13.0. The molecular formula is C22H11ClF3NS. The summed E-state index contributed by atoms with van der Waals surface area (Å²) in [7, 11) is 0. The van der Waals surface area contributed by atoms with Crippen molar-refractivity contribution in [3.63, 3.8) is 0 Å². The van der Waals surface area contributed by atoms with Gasteiger partial charge in [-0.3, -0.25) is 0 Å². The normalized spacial score (nSPS) is 12.3. The third-order valence-corrected chi connectivity index (χ3v) is 6.19. The number of halogens is 4. The van der Waals surface area contributed by atoms with E-state index in [4.69, 9.17) is 16.6 Å². The van der Waals surface area contributed by atoms with Crippen molar-refractivity contribution in [2.75, 3.05) is 0 Å². The molecule has 0 amide bonds. The molecule has 0 aliphatic rings. The van der Waals surface area contributed by atoms with Crippen molar-refractivity contribution in [1.82, 2.24) is 4.98 Å². The molecule has 0 aliphatic carbocycles. The second-order valence-electron chi connectivity index (χ2n) is 6.50. The molecule has 2 aromatic heterocycles. The summed E-state index contributed by atoms with van der Waals surface area (Å²) in [5.74, 6) is 0. The Bertz CT molecular complexity index is 1350. The summed E-state index contributed by atoms with van der Waals surface area (Å²) >= 11 is 7.81. The molecule has 0 unspecified atom stereocenters. The number of hydrogen-bond donors (Lipinski definition) is 0. The zero-order chi connectivity index (χ0) is 19.5. The van der Waals surface area contributed by atoms with E-state index < -0.39 is 11.7 Å². The molecule has 0 saturated carbocycles. The van der Waals surface area contributed by atoms with Crippen LogP contribution < -0.4 is 0 Å². The second-order valence-corrected chi connectivity index (χ2v) is 7.99. The average molecular weight is 414 g/mol. The topological polar surface area (TPSA) is 12.9 Å². The summed E-state index contributed by atoms with van der Waals surface area (Å²) < 4.78 is 41.0. The molecule has 0 aliphatic heterocycles. The van der Waals surface area contributed by atoms with E-state index in [2.05, 4.69) is 0 Å². The summed E-state index contributed by atoms with van der Waals surface area (Å²) in [5, 5.41) is 3.55. The Morgan fingerprint density at radius 1 is 0.857 bits per heavy atom. The number of nitrogens with zero attached hydrogens (tertiary/aromatic N) is 1. The standard InChI is InChI=1S/C22H11ClF3NS/c23-14-9-10-15-17(11-14)27-20(12-5-7-13(8-6-12)22(24,25)26)19-16-3-1-2-4-18(16)28-21(15)19/h1-11H. The smallest absolute Gasteiger partial charge is 0.247 e. The van der Waals surface area contributed by atoms with Gasteiger partial charge in [0.05, 0.1) is 16.8 Å². The molecule has 138 valence electrons. The minimum atomic E-state index is -4.37. The van der Waals surface area contributed by atoms with E-state index in [-0.39, 0.29) is 0 Å². The van der Waals surface area contributed by atoms with Gasteiger partial charge >= 0.3 is 6.18 Å². The van der Waals surface area contributed by atoms with Crippen LogP contribution >= 0.6 is 22.9 Å². The Labute approximate surface area is 167 Å². The number of rotatable bonds is 1. The van der Waals surface area contributed by atoms with Gasteiger partial charge in [0.15, 0.2) is 0 Å². The predicted octanol–water partition coefficient (Wildman–Crippen LogP) is 7.94. The molecule has 28 heavy (non-hydrogen) atoms. The van der Waals surface area contributed by atoms with Crippen molar-refractivity contribution < 1.29 is 13.2 Å². The van der Waals surface area contributed by atoms with Crippen LogP contribution in [0.5, 0.6) is 0 Å². The van der Waals surface area contributed by atoms with Crippen LogP contribution in [0.15, 0.2) is 66.7 Å². The van der Waals surface area contributed by atoms with Gasteiger partial charge < -0.3 is 0 Å². The second kappa shape index (κ2) is 6.19. The highest BCUT2D eigenvalue weighted by Crippen LogP contribution is 2.43. The zero-order valence-corrected chi connectivity index (χ0v) is 15.8. The molecular weight excluding hydrogens is 403 g/mol. The summed E-state index contributed by atoms with van der Waals surface area (Å²) in [4.78, 5) is 4.79. The molecule has 5 aromatic rings. The lowest BCUT2D eigenvalue weighted by Gasteiger charge is -2.10. The van der Waals surface area contributed by atoms with Gasteiger partial charge in [-0.2, -0.15) is 13.2 Å². The van der Waals surface area contributed by atoms with E-state index in [1.165, 1.54) is 12.1 Å². The monoisotopic (exact) mass is 413 g/mol. The maximum Gasteiger partial charge on any atom is 0.416 e. The summed E-state index contributed by atoms with van der Waals surface area (Å²) in [6.45, 7) is 0. The molecule has 0 atom stereocenters. The molecule has 1 nitrogen and oxygen atoms in total. The lowest BCUT2D eigenvalue weighted by atomic mass is 10.0. The molecule has 3 aromatic carbocycles. The van der Waals surface area contributed by atoms with Gasteiger partial charge in [-0.1, -0.05) is 41.9 Å². The van der Waals surface area contributed by atoms with Gasteiger partial charge in [0.2, 0.25) is 0 Å². The first-order valence-electron chi connectivity index (χ1n) is 8.50. The van der Waals surface area contributed by atoms with Crippen LogP contribution in [0.25, 0.3) is 42.3 Å². The third-order valence-electron chi connectivity index (χ3n) is 4.75. The largest absolute Gasteiger partial charge is 0.416 e. The minimum Gasteiger partial charge on any atom is -0.247 e. The lowest BCUT2D eigenvalue weighted by molar-refractivity contribution is -0.137.